The number of amides is 2. The van der Waals surface area contributed by atoms with Crippen LogP contribution in [0, 0.1) is 0 Å². The molecule has 5 heteroatoms. The molecule has 0 bridgehead atoms. The van der Waals surface area contributed by atoms with Crippen molar-refractivity contribution < 1.29 is 9.53 Å². The summed E-state index contributed by atoms with van der Waals surface area (Å²) in [6.45, 7) is 3.63. The summed E-state index contributed by atoms with van der Waals surface area (Å²) in [6, 6.07) is 8.51. The molecule has 20 heavy (non-hydrogen) atoms. The Hall–Kier alpha value is -1.75. The zero-order chi connectivity index (χ0) is 14.5. The number of nitrogens with zero attached hydrogens (tertiary/aromatic N) is 1. The van der Waals surface area contributed by atoms with E-state index in [1.165, 1.54) is 5.56 Å². The van der Waals surface area contributed by atoms with E-state index in [4.69, 9.17) is 10.5 Å². The molecule has 1 aromatic carbocycles. The summed E-state index contributed by atoms with van der Waals surface area (Å²) in [7, 11) is 1.67. The molecule has 0 saturated carbocycles. The van der Waals surface area contributed by atoms with Gasteiger partial charge in [-0.25, -0.2) is 4.79 Å². The van der Waals surface area contributed by atoms with Gasteiger partial charge in [0.2, 0.25) is 0 Å². The smallest absolute Gasteiger partial charge is 0.314 e. The monoisotopic (exact) mass is 277 g/mol. The van der Waals surface area contributed by atoms with Crippen LogP contribution in [0.2, 0.25) is 0 Å². The molecule has 3 N–H and O–H groups in total. The maximum Gasteiger partial charge on any atom is 0.314 e. The Morgan fingerprint density at radius 1 is 1.35 bits per heavy atom. The summed E-state index contributed by atoms with van der Waals surface area (Å²) >= 11 is 0. The SMILES string of the molecule is COc1ccc([C@@H](C)NC2CCN(C(N)=O)CC2)cc1. The van der Waals surface area contributed by atoms with Crippen LogP contribution in [0.25, 0.3) is 0 Å². The number of ether oxygens (including phenoxy) is 1. The van der Waals surface area contributed by atoms with Crippen molar-refractivity contribution >= 4 is 6.03 Å². The molecule has 1 aromatic rings. The molecule has 0 aliphatic carbocycles. The second-order valence-electron chi connectivity index (χ2n) is 5.26. The van der Waals surface area contributed by atoms with Crippen molar-refractivity contribution in [3.05, 3.63) is 29.8 Å². The first-order valence-corrected chi connectivity index (χ1v) is 7.04. The van der Waals surface area contributed by atoms with Crippen LogP contribution in [-0.2, 0) is 0 Å². The predicted octanol–water partition coefficient (Wildman–Crippen LogP) is 1.89. The number of piperidine rings is 1. The first kappa shape index (κ1) is 14.7. The van der Waals surface area contributed by atoms with Crippen molar-refractivity contribution in [2.45, 2.75) is 31.8 Å². The van der Waals surface area contributed by atoms with Crippen LogP contribution in [0.3, 0.4) is 0 Å². The molecule has 1 heterocycles. The molecule has 0 radical (unpaired) electrons. The van der Waals surface area contributed by atoms with Gasteiger partial charge in [-0.3, -0.25) is 0 Å². The third kappa shape index (κ3) is 3.63. The van der Waals surface area contributed by atoms with E-state index in [0.717, 1.165) is 31.7 Å². The largest absolute Gasteiger partial charge is 0.497 e. The fraction of sp³-hybridized carbons (Fsp3) is 0.533. The van der Waals surface area contributed by atoms with Gasteiger partial charge in [0.25, 0.3) is 0 Å². The fourth-order valence-electron chi connectivity index (χ4n) is 2.61. The summed E-state index contributed by atoms with van der Waals surface area (Å²) in [5.41, 5.74) is 6.53. The van der Waals surface area contributed by atoms with Crippen molar-refractivity contribution in [1.82, 2.24) is 10.2 Å². The lowest BCUT2D eigenvalue weighted by Crippen LogP contribution is -2.47. The average Bonchev–Trinajstić information content (AvgIpc) is 2.48. The summed E-state index contributed by atoms with van der Waals surface area (Å²) in [5.74, 6) is 0.871. The topological polar surface area (TPSA) is 67.6 Å². The molecule has 5 nitrogen and oxygen atoms in total. The minimum Gasteiger partial charge on any atom is -0.497 e. The Morgan fingerprint density at radius 3 is 2.45 bits per heavy atom. The molecule has 2 rings (SSSR count). The van der Waals surface area contributed by atoms with E-state index in [-0.39, 0.29) is 12.1 Å². The Kier molecular flexibility index (Phi) is 4.84. The van der Waals surface area contributed by atoms with E-state index in [0.29, 0.717) is 6.04 Å². The van der Waals surface area contributed by atoms with E-state index < -0.39 is 0 Å². The lowest BCUT2D eigenvalue weighted by Gasteiger charge is -2.33. The van der Waals surface area contributed by atoms with E-state index in [2.05, 4.69) is 24.4 Å². The van der Waals surface area contributed by atoms with Crippen molar-refractivity contribution in [2.24, 2.45) is 5.73 Å². The van der Waals surface area contributed by atoms with Gasteiger partial charge in [-0.2, -0.15) is 0 Å². The Balaban J connectivity index is 1.85. The first-order chi connectivity index (χ1) is 9.60. The average molecular weight is 277 g/mol. The fourth-order valence-corrected chi connectivity index (χ4v) is 2.61. The zero-order valence-corrected chi connectivity index (χ0v) is 12.1. The minimum absolute atomic E-state index is 0.283. The Morgan fingerprint density at radius 2 is 1.95 bits per heavy atom. The highest BCUT2D eigenvalue weighted by Gasteiger charge is 2.22. The van der Waals surface area contributed by atoms with Gasteiger partial charge in [-0.15, -0.1) is 0 Å². The van der Waals surface area contributed by atoms with Gasteiger partial charge in [0.1, 0.15) is 5.75 Å². The number of rotatable bonds is 4. The molecule has 0 unspecified atom stereocenters. The van der Waals surface area contributed by atoms with Crippen molar-refractivity contribution in [1.29, 1.82) is 0 Å². The lowest BCUT2D eigenvalue weighted by molar-refractivity contribution is 0.183. The van der Waals surface area contributed by atoms with Crippen LogP contribution < -0.4 is 15.8 Å². The van der Waals surface area contributed by atoms with Gasteiger partial charge in [0, 0.05) is 25.2 Å². The number of nitrogens with two attached hydrogens (primary N) is 1. The van der Waals surface area contributed by atoms with Crippen LogP contribution >= 0.6 is 0 Å². The maximum atomic E-state index is 11.1. The third-order valence-electron chi connectivity index (χ3n) is 3.91. The summed E-state index contributed by atoms with van der Waals surface area (Å²) < 4.78 is 5.16. The minimum atomic E-state index is -0.313. The summed E-state index contributed by atoms with van der Waals surface area (Å²) in [6.07, 6.45) is 1.90. The van der Waals surface area contributed by atoms with Crippen LogP contribution in [0.5, 0.6) is 5.75 Å². The summed E-state index contributed by atoms with van der Waals surface area (Å²) in [5, 5.41) is 3.61. The number of hydrogen-bond acceptors (Lipinski definition) is 3. The second-order valence-corrected chi connectivity index (χ2v) is 5.26. The molecule has 2 amide bonds. The van der Waals surface area contributed by atoms with Crippen molar-refractivity contribution in [2.75, 3.05) is 20.2 Å². The number of benzene rings is 1. The van der Waals surface area contributed by atoms with Gasteiger partial charge < -0.3 is 20.7 Å². The van der Waals surface area contributed by atoms with Gasteiger partial charge in [0.15, 0.2) is 0 Å². The maximum absolute atomic E-state index is 11.1. The van der Waals surface area contributed by atoms with Gasteiger partial charge >= 0.3 is 6.03 Å². The highest BCUT2D eigenvalue weighted by atomic mass is 16.5. The molecular weight excluding hydrogens is 254 g/mol. The molecule has 1 fully saturated rings. The highest BCUT2D eigenvalue weighted by Crippen LogP contribution is 2.20. The molecule has 1 saturated heterocycles. The number of urea groups is 1. The zero-order valence-electron chi connectivity index (χ0n) is 12.1. The van der Waals surface area contributed by atoms with Gasteiger partial charge in [-0.05, 0) is 37.5 Å². The van der Waals surface area contributed by atoms with Gasteiger partial charge in [-0.1, -0.05) is 12.1 Å². The lowest BCUT2D eigenvalue weighted by atomic mass is 10.0. The molecule has 1 aliphatic rings. The van der Waals surface area contributed by atoms with Crippen LogP contribution in [0.15, 0.2) is 24.3 Å². The molecular formula is C15H23N3O2. The number of carbonyl (C=O) groups is 1. The van der Waals surface area contributed by atoms with E-state index in [1.807, 2.05) is 12.1 Å². The highest BCUT2D eigenvalue weighted by molar-refractivity contribution is 5.72. The van der Waals surface area contributed by atoms with E-state index >= 15 is 0 Å². The van der Waals surface area contributed by atoms with Gasteiger partial charge in [0.05, 0.1) is 7.11 Å². The Bertz CT molecular complexity index is 439. The number of carbonyl (C=O) groups excluding carboxylic acids is 1. The van der Waals surface area contributed by atoms with Crippen molar-refractivity contribution in [3.8, 4) is 5.75 Å². The predicted molar refractivity (Wildman–Crippen MR) is 78.7 cm³/mol. The number of primary amides is 1. The van der Waals surface area contributed by atoms with Crippen molar-refractivity contribution in [3.63, 3.8) is 0 Å². The Labute approximate surface area is 120 Å². The first-order valence-electron chi connectivity index (χ1n) is 7.04. The number of hydrogen-bond donors (Lipinski definition) is 2. The third-order valence-corrected chi connectivity index (χ3v) is 3.91. The van der Waals surface area contributed by atoms with E-state index in [1.54, 1.807) is 12.0 Å². The molecule has 0 aromatic heterocycles. The van der Waals surface area contributed by atoms with Crippen LogP contribution in [0.4, 0.5) is 4.79 Å². The quantitative estimate of drug-likeness (QED) is 0.883. The van der Waals surface area contributed by atoms with E-state index in [9.17, 15) is 4.79 Å². The number of nitrogens with one attached hydrogen (secondary N) is 1. The molecule has 1 aliphatic heterocycles. The van der Waals surface area contributed by atoms with Crippen LogP contribution in [0.1, 0.15) is 31.4 Å². The molecule has 0 spiro atoms. The van der Waals surface area contributed by atoms with Crippen LogP contribution in [-0.4, -0.2) is 37.2 Å². The molecule has 1 atom stereocenters. The molecule has 110 valence electrons. The number of likely N-dealkylation sites (tertiary alicyclic amines) is 1. The summed E-state index contributed by atoms with van der Waals surface area (Å²) in [4.78, 5) is 12.8. The standard InChI is InChI=1S/C15H23N3O2/c1-11(12-3-5-14(20-2)6-4-12)17-13-7-9-18(10-8-13)15(16)19/h3-6,11,13,17H,7-10H2,1-2H3,(H2,16,19)/t11-/m1/s1. The number of methoxy groups -OCH3 is 1. The second kappa shape index (κ2) is 6.61. The normalized spacial score (nSPS) is 17.8.